The van der Waals surface area contributed by atoms with Crippen LogP contribution in [0.5, 0.6) is 0 Å². The SMILES string of the molecule is CN(CCNc1ccc(C#N)c(Br)c1)C1CC1. The molecular formula is C13H16BrN3. The van der Waals surface area contributed by atoms with Crippen molar-refractivity contribution in [3.05, 3.63) is 28.2 Å². The molecule has 0 amide bonds. The van der Waals surface area contributed by atoms with Crippen molar-refractivity contribution in [1.29, 1.82) is 5.26 Å². The molecule has 0 saturated heterocycles. The topological polar surface area (TPSA) is 39.1 Å². The third-order valence-corrected chi connectivity index (χ3v) is 3.71. The van der Waals surface area contributed by atoms with E-state index in [0.717, 1.165) is 29.3 Å². The summed E-state index contributed by atoms with van der Waals surface area (Å²) in [4.78, 5) is 2.39. The van der Waals surface area contributed by atoms with Gasteiger partial charge in [0, 0.05) is 29.3 Å². The normalized spacial score (nSPS) is 14.7. The van der Waals surface area contributed by atoms with Crippen LogP contribution in [0.2, 0.25) is 0 Å². The van der Waals surface area contributed by atoms with Gasteiger partial charge in [0.25, 0.3) is 0 Å². The molecule has 4 heteroatoms. The van der Waals surface area contributed by atoms with Gasteiger partial charge in [-0.2, -0.15) is 5.26 Å². The van der Waals surface area contributed by atoms with Crippen molar-refractivity contribution in [3.63, 3.8) is 0 Å². The van der Waals surface area contributed by atoms with Crippen LogP contribution in [0.1, 0.15) is 18.4 Å². The molecule has 0 unspecified atom stereocenters. The summed E-state index contributed by atoms with van der Waals surface area (Å²) in [5.41, 5.74) is 1.73. The molecule has 0 aliphatic heterocycles. The molecule has 1 saturated carbocycles. The lowest BCUT2D eigenvalue weighted by molar-refractivity contribution is 0.337. The summed E-state index contributed by atoms with van der Waals surface area (Å²) >= 11 is 3.39. The third-order valence-electron chi connectivity index (χ3n) is 3.05. The smallest absolute Gasteiger partial charge is 0.100 e. The highest BCUT2D eigenvalue weighted by Crippen LogP contribution is 2.25. The molecule has 0 heterocycles. The molecule has 2 rings (SSSR count). The van der Waals surface area contributed by atoms with Gasteiger partial charge in [-0.1, -0.05) is 0 Å². The zero-order valence-electron chi connectivity index (χ0n) is 9.91. The summed E-state index contributed by atoms with van der Waals surface area (Å²) in [6, 6.07) is 8.68. The summed E-state index contributed by atoms with van der Waals surface area (Å²) in [6.07, 6.45) is 2.69. The fraction of sp³-hybridized carbons (Fsp3) is 0.462. The molecular weight excluding hydrogens is 278 g/mol. The number of nitrogens with one attached hydrogen (secondary N) is 1. The average Bonchev–Trinajstić information content (AvgIpc) is 3.13. The van der Waals surface area contributed by atoms with Crippen LogP contribution in [0.25, 0.3) is 0 Å². The van der Waals surface area contributed by atoms with Crippen LogP contribution in [0.15, 0.2) is 22.7 Å². The zero-order valence-corrected chi connectivity index (χ0v) is 11.5. The Morgan fingerprint density at radius 1 is 1.53 bits per heavy atom. The lowest BCUT2D eigenvalue weighted by atomic mass is 10.2. The molecule has 1 N–H and O–H groups in total. The minimum Gasteiger partial charge on any atom is -0.384 e. The van der Waals surface area contributed by atoms with Crippen LogP contribution >= 0.6 is 15.9 Å². The molecule has 0 aromatic heterocycles. The van der Waals surface area contributed by atoms with Crippen LogP contribution < -0.4 is 5.32 Å². The largest absolute Gasteiger partial charge is 0.384 e. The number of anilines is 1. The molecule has 1 aliphatic rings. The summed E-state index contributed by atoms with van der Waals surface area (Å²) in [5.74, 6) is 0. The molecule has 0 spiro atoms. The highest BCUT2D eigenvalue weighted by Gasteiger charge is 2.25. The Hall–Kier alpha value is -1.05. The number of benzene rings is 1. The van der Waals surface area contributed by atoms with Crippen LogP contribution in [0, 0.1) is 11.3 Å². The van der Waals surface area contributed by atoms with E-state index in [1.54, 1.807) is 0 Å². The first kappa shape index (κ1) is 12.4. The molecule has 90 valence electrons. The fourth-order valence-corrected chi connectivity index (χ4v) is 2.26. The highest BCUT2D eigenvalue weighted by atomic mass is 79.9. The van der Waals surface area contributed by atoms with E-state index in [-0.39, 0.29) is 0 Å². The molecule has 1 aromatic carbocycles. The lowest BCUT2D eigenvalue weighted by Gasteiger charge is -2.16. The van der Waals surface area contributed by atoms with Gasteiger partial charge in [-0.05, 0) is 54.0 Å². The van der Waals surface area contributed by atoms with Gasteiger partial charge >= 0.3 is 0 Å². The molecule has 0 radical (unpaired) electrons. The van der Waals surface area contributed by atoms with E-state index >= 15 is 0 Å². The van der Waals surface area contributed by atoms with E-state index < -0.39 is 0 Å². The van der Waals surface area contributed by atoms with Gasteiger partial charge in [0.05, 0.1) is 5.56 Å². The Labute approximate surface area is 111 Å². The minimum absolute atomic E-state index is 0.672. The Morgan fingerprint density at radius 3 is 2.88 bits per heavy atom. The van der Waals surface area contributed by atoms with Gasteiger partial charge in [-0.3, -0.25) is 0 Å². The second kappa shape index (κ2) is 5.52. The predicted octanol–water partition coefficient (Wildman–Crippen LogP) is 2.83. The molecule has 1 fully saturated rings. The van der Waals surface area contributed by atoms with Gasteiger partial charge in [0.2, 0.25) is 0 Å². The first-order valence-electron chi connectivity index (χ1n) is 5.84. The van der Waals surface area contributed by atoms with Crippen molar-refractivity contribution < 1.29 is 0 Å². The Bertz CT molecular complexity index is 435. The number of halogens is 1. The van der Waals surface area contributed by atoms with Crippen LogP contribution in [0.4, 0.5) is 5.69 Å². The Kier molecular flexibility index (Phi) is 4.03. The molecule has 0 atom stereocenters. The summed E-state index contributed by atoms with van der Waals surface area (Å²) in [5, 5.41) is 12.2. The quantitative estimate of drug-likeness (QED) is 0.907. The van der Waals surface area contributed by atoms with E-state index in [4.69, 9.17) is 5.26 Å². The standard InChI is InChI=1S/C13H16BrN3/c1-17(12-4-5-12)7-6-16-11-3-2-10(9-15)13(14)8-11/h2-3,8,12,16H,4-7H2,1H3. The van der Waals surface area contributed by atoms with Crippen LogP contribution in [0.3, 0.4) is 0 Å². The Balaban J connectivity index is 1.82. The number of nitriles is 1. The van der Waals surface area contributed by atoms with Gasteiger partial charge in [0.1, 0.15) is 6.07 Å². The van der Waals surface area contributed by atoms with E-state index in [1.807, 2.05) is 18.2 Å². The number of hydrogen-bond acceptors (Lipinski definition) is 3. The number of rotatable bonds is 5. The highest BCUT2D eigenvalue weighted by molar-refractivity contribution is 9.10. The minimum atomic E-state index is 0.672. The molecule has 17 heavy (non-hydrogen) atoms. The molecule has 3 nitrogen and oxygen atoms in total. The van der Waals surface area contributed by atoms with Crippen molar-refractivity contribution in [2.24, 2.45) is 0 Å². The second-order valence-corrected chi connectivity index (χ2v) is 5.30. The summed E-state index contributed by atoms with van der Waals surface area (Å²) in [6.45, 7) is 1.99. The van der Waals surface area contributed by atoms with Crippen molar-refractivity contribution in [2.45, 2.75) is 18.9 Å². The van der Waals surface area contributed by atoms with Gasteiger partial charge in [0.15, 0.2) is 0 Å². The Morgan fingerprint density at radius 2 is 2.29 bits per heavy atom. The average molecular weight is 294 g/mol. The summed E-state index contributed by atoms with van der Waals surface area (Å²) < 4.78 is 0.848. The van der Waals surface area contributed by atoms with E-state index in [0.29, 0.717) is 5.56 Å². The van der Waals surface area contributed by atoms with Crippen molar-refractivity contribution in [1.82, 2.24) is 4.90 Å². The van der Waals surface area contributed by atoms with Crippen molar-refractivity contribution >= 4 is 21.6 Å². The van der Waals surface area contributed by atoms with Crippen molar-refractivity contribution in [3.8, 4) is 6.07 Å². The van der Waals surface area contributed by atoms with Gasteiger partial charge in [-0.15, -0.1) is 0 Å². The van der Waals surface area contributed by atoms with E-state index in [1.165, 1.54) is 12.8 Å². The van der Waals surface area contributed by atoms with Gasteiger partial charge < -0.3 is 10.2 Å². The first-order chi connectivity index (χ1) is 8.20. The van der Waals surface area contributed by atoms with Crippen LogP contribution in [-0.4, -0.2) is 31.1 Å². The summed E-state index contributed by atoms with van der Waals surface area (Å²) in [7, 11) is 2.17. The molecule has 1 aliphatic carbocycles. The number of likely N-dealkylation sites (N-methyl/N-ethyl adjacent to an activating group) is 1. The fourth-order valence-electron chi connectivity index (χ4n) is 1.79. The van der Waals surface area contributed by atoms with Gasteiger partial charge in [-0.25, -0.2) is 0 Å². The van der Waals surface area contributed by atoms with E-state index in [2.05, 4.69) is 39.3 Å². The predicted molar refractivity (Wildman–Crippen MR) is 73.0 cm³/mol. The van der Waals surface area contributed by atoms with Crippen LogP contribution in [-0.2, 0) is 0 Å². The lowest BCUT2D eigenvalue weighted by Crippen LogP contribution is -2.26. The number of hydrogen-bond donors (Lipinski definition) is 1. The maximum absolute atomic E-state index is 8.82. The third kappa shape index (κ3) is 3.45. The zero-order chi connectivity index (χ0) is 12.3. The monoisotopic (exact) mass is 293 g/mol. The second-order valence-electron chi connectivity index (χ2n) is 4.44. The van der Waals surface area contributed by atoms with E-state index in [9.17, 15) is 0 Å². The molecule has 1 aromatic rings. The maximum atomic E-state index is 8.82. The number of nitrogens with zero attached hydrogens (tertiary/aromatic N) is 2. The molecule has 0 bridgehead atoms. The first-order valence-corrected chi connectivity index (χ1v) is 6.64. The maximum Gasteiger partial charge on any atom is 0.100 e. The van der Waals surface area contributed by atoms with Crippen molar-refractivity contribution in [2.75, 3.05) is 25.5 Å².